The lowest BCUT2D eigenvalue weighted by Crippen LogP contribution is -1.99. The summed E-state index contributed by atoms with van der Waals surface area (Å²) in [6, 6.07) is 46.6. The fourth-order valence-electron chi connectivity index (χ4n) is 5.59. The molecule has 0 radical (unpaired) electrons. The van der Waals surface area contributed by atoms with E-state index in [1.165, 1.54) is 10.8 Å². The largest absolute Gasteiger partial charge is 0.308 e. The summed E-state index contributed by atoms with van der Waals surface area (Å²) in [5.41, 5.74) is 10.4. The zero-order valence-electron chi connectivity index (χ0n) is 21.1. The third-order valence-electron chi connectivity index (χ3n) is 7.30. The monoisotopic (exact) mass is 497 g/mol. The number of aromatic nitrogens is 2. The van der Waals surface area contributed by atoms with Gasteiger partial charge in [0.05, 0.1) is 22.7 Å². The molecule has 0 aliphatic heterocycles. The van der Waals surface area contributed by atoms with Crippen molar-refractivity contribution in [3.63, 3.8) is 0 Å². The van der Waals surface area contributed by atoms with Crippen LogP contribution in [-0.4, -0.2) is 9.55 Å². The van der Waals surface area contributed by atoms with Crippen molar-refractivity contribution in [1.29, 1.82) is 5.26 Å². The van der Waals surface area contributed by atoms with E-state index in [9.17, 15) is 5.26 Å². The van der Waals surface area contributed by atoms with E-state index in [4.69, 9.17) is 0 Å². The minimum absolute atomic E-state index is 0.615. The van der Waals surface area contributed by atoms with Crippen LogP contribution in [0.15, 0.2) is 140 Å². The van der Waals surface area contributed by atoms with Crippen molar-refractivity contribution in [2.75, 3.05) is 0 Å². The molecule has 0 saturated heterocycles. The van der Waals surface area contributed by atoms with Gasteiger partial charge in [0.1, 0.15) is 0 Å². The van der Waals surface area contributed by atoms with E-state index in [0.717, 1.165) is 50.1 Å². The molecule has 7 aromatic rings. The highest BCUT2D eigenvalue weighted by Gasteiger charge is 2.20. The van der Waals surface area contributed by atoms with Gasteiger partial charge in [0.25, 0.3) is 0 Å². The maximum Gasteiger partial charge on any atom is 0.0992 e. The van der Waals surface area contributed by atoms with Crippen molar-refractivity contribution >= 4 is 21.8 Å². The van der Waals surface area contributed by atoms with E-state index >= 15 is 0 Å². The minimum atomic E-state index is 0.615. The van der Waals surface area contributed by atoms with Crippen molar-refractivity contribution in [1.82, 2.24) is 9.55 Å². The van der Waals surface area contributed by atoms with E-state index in [1.807, 2.05) is 36.4 Å². The van der Waals surface area contributed by atoms with Gasteiger partial charge in [-0.3, -0.25) is 4.98 Å². The van der Waals surface area contributed by atoms with Crippen molar-refractivity contribution < 1.29 is 0 Å². The molecule has 0 bridgehead atoms. The highest BCUT2D eigenvalue weighted by Crippen LogP contribution is 2.42. The van der Waals surface area contributed by atoms with Gasteiger partial charge in [-0.25, -0.2) is 0 Å². The zero-order chi connectivity index (χ0) is 26.2. The number of nitriles is 1. The molecular weight excluding hydrogens is 474 g/mol. The highest BCUT2D eigenvalue weighted by atomic mass is 15.0. The van der Waals surface area contributed by atoms with Gasteiger partial charge in [0.15, 0.2) is 0 Å². The minimum Gasteiger partial charge on any atom is -0.308 e. The molecule has 0 unspecified atom stereocenters. The first-order chi connectivity index (χ1) is 19.3. The summed E-state index contributed by atoms with van der Waals surface area (Å²) < 4.78 is 2.35. The van der Waals surface area contributed by atoms with Gasteiger partial charge < -0.3 is 4.57 Å². The smallest absolute Gasteiger partial charge is 0.0992 e. The Morgan fingerprint density at radius 1 is 0.513 bits per heavy atom. The fourth-order valence-corrected chi connectivity index (χ4v) is 5.59. The summed E-state index contributed by atoms with van der Waals surface area (Å²) >= 11 is 0. The maximum absolute atomic E-state index is 10.1. The molecule has 0 aliphatic carbocycles. The molecule has 5 aromatic carbocycles. The summed E-state index contributed by atoms with van der Waals surface area (Å²) in [7, 11) is 0. The van der Waals surface area contributed by atoms with E-state index in [0.29, 0.717) is 5.56 Å². The number of rotatable bonds is 4. The Morgan fingerprint density at radius 2 is 1.08 bits per heavy atom. The maximum atomic E-state index is 10.1. The third-order valence-corrected chi connectivity index (χ3v) is 7.30. The first kappa shape index (κ1) is 22.7. The van der Waals surface area contributed by atoms with Crippen LogP contribution in [0.3, 0.4) is 0 Å². The van der Waals surface area contributed by atoms with Gasteiger partial charge in [-0.1, -0.05) is 97.1 Å². The van der Waals surface area contributed by atoms with Gasteiger partial charge in [0, 0.05) is 40.0 Å². The molecule has 0 N–H and O–H groups in total. The number of fused-ring (bicyclic) bond motifs is 3. The summed E-state index contributed by atoms with van der Waals surface area (Å²) in [6.45, 7) is 0. The number of hydrogen-bond donors (Lipinski definition) is 0. The van der Waals surface area contributed by atoms with Crippen LogP contribution in [0.1, 0.15) is 5.56 Å². The Kier molecular flexibility index (Phi) is 5.50. The summed E-state index contributed by atoms with van der Waals surface area (Å²) in [5, 5.41) is 12.4. The Bertz CT molecular complexity index is 1900. The molecule has 3 heteroatoms. The molecule has 0 spiro atoms. The molecule has 2 heterocycles. The lowest BCUT2D eigenvalue weighted by atomic mass is 10.0. The number of benzene rings is 5. The Hall–Kier alpha value is -5.46. The first-order valence-electron chi connectivity index (χ1n) is 12.9. The van der Waals surface area contributed by atoms with E-state index < -0.39 is 0 Å². The molecular formula is C36H23N3. The zero-order valence-corrected chi connectivity index (χ0v) is 21.1. The van der Waals surface area contributed by atoms with Crippen molar-refractivity contribution in [3.8, 4) is 45.1 Å². The SMILES string of the molecule is N#Cc1cc(-c2ccncc2)cc(-n2c3c(-c4ccccc4)cccc3c3cccc(-c4ccccc4)c32)c1. The second kappa shape index (κ2) is 9.45. The second-order valence-corrected chi connectivity index (χ2v) is 9.59. The molecule has 7 rings (SSSR count). The summed E-state index contributed by atoms with van der Waals surface area (Å²) in [4.78, 5) is 4.19. The lowest BCUT2D eigenvalue weighted by molar-refractivity contribution is 1.18. The molecule has 0 saturated carbocycles. The van der Waals surface area contributed by atoms with E-state index in [2.05, 4.69) is 107 Å². The highest BCUT2D eigenvalue weighted by molar-refractivity contribution is 6.17. The Balaban J connectivity index is 1.66. The van der Waals surface area contributed by atoms with Gasteiger partial charge in [-0.2, -0.15) is 5.26 Å². The van der Waals surface area contributed by atoms with Crippen LogP contribution >= 0.6 is 0 Å². The normalized spacial score (nSPS) is 11.1. The Labute approximate surface area is 226 Å². The van der Waals surface area contributed by atoms with Crippen LogP contribution in [0.5, 0.6) is 0 Å². The molecule has 0 amide bonds. The summed E-state index contributed by atoms with van der Waals surface area (Å²) in [5.74, 6) is 0. The lowest BCUT2D eigenvalue weighted by Gasteiger charge is -2.15. The second-order valence-electron chi connectivity index (χ2n) is 9.59. The van der Waals surface area contributed by atoms with Gasteiger partial charge >= 0.3 is 0 Å². The number of hydrogen-bond acceptors (Lipinski definition) is 2. The molecule has 3 nitrogen and oxygen atoms in total. The third kappa shape index (κ3) is 3.87. The van der Waals surface area contributed by atoms with E-state index in [-0.39, 0.29) is 0 Å². The van der Waals surface area contributed by atoms with Crippen molar-refractivity contribution in [3.05, 3.63) is 145 Å². The van der Waals surface area contributed by atoms with Crippen molar-refractivity contribution in [2.24, 2.45) is 0 Å². The van der Waals surface area contributed by atoms with Crippen LogP contribution in [-0.2, 0) is 0 Å². The average Bonchev–Trinajstić information content (AvgIpc) is 3.37. The molecule has 182 valence electrons. The van der Waals surface area contributed by atoms with Crippen LogP contribution in [0.4, 0.5) is 0 Å². The molecule has 2 aromatic heterocycles. The van der Waals surface area contributed by atoms with E-state index in [1.54, 1.807) is 12.4 Å². The standard InChI is InChI=1S/C36H23N3/c37-24-25-21-29(26-17-19-38-20-18-26)23-30(22-25)39-35-31(27-9-3-1-4-10-27)13-7-15-33(35)34-16-8-14-32(36(34)39)28-11-5-2-6-12-28/h1-23H. The summed E-state index contributed by atoms with van der Waals surface area (Å²) in [6.07, 6.45) is 3.57. The number of nitrogens with zero attached hydrogens (tertiary/aromatic N) is 3. The average molecular weight is 498 g/mol. The number of pyridine rings is 1. The topological polar surface area (TPSA) is 41.6 Å². The fraction of sp³-hybridized carbons (Fsp3) is 0. The van der Waals surface area contributed by atoms with Crippen molar-refractivity contribution in [2.45, 2.75) is 0 Å². The van der Waals surface area contributed by atoms with Gasteiger partial charge in [0.2, 0.25) is 0 Å². The Morgan fingerprint density at radius 3 is 1.62 bits per heavy atom. The predicted molar refractivity (Wildman–Crippen MR) is 160 cm³/mol. The molecule has 39 heavy (non-hydrogen) atoms. The number of para-hydroxylation sites is 2. The van der Waals surface area contributed by atoms with Gasteiger partial charge in [-0.15, -0.1) is 0 Å². The van der Waals surface area contributed by atoms with Crippen LogP contribution in [0, 0.1) is 11.3 Å². The van der Waals surface area contributed by atoms with Crippen LogP contribution in [0.25, 0.3) is 60.9 Å². The predicted octanol–water partition coefficient (Wildman–Crippen LogP) is 9.05. The first-order valence-corrected chi connectivity index (χ1v) is 12.9. The molecule has 0 atom stereocenters. The quantitative estimate of drug-likeness (QED) is 0.243. The molecule has 0 fully saturated rings. The molecule has 0 aliphatic rings. The van der Waals surface area contributed by atoms with Crippen LogP contribution < -0.4 is 0 Å². The van der Waals surface area contributed by atoms with Crippen LogP contribution in [0.2, 0.25) is 0 Å². The van der Waals surface area contributed by atoms with Gasteiger partial charge in [-0.05, 0) is 52.6 Å².